The zero-order valence-corrected chi connectivity index (χ0v) is 9.22. The van der Waals surface area contributed by atoms with Crippen LogP contribution in [0.4, 0.5) is 0 Å². The largest absolute Gasteiger partial charge is 0.352 e. The molecule has 3 nitrogen and oxygen atoms in total. The molecular formula is C12H20N2O. The third kappa shape index (κ3) is 1.67. The molecule has 3 aliphatic rings. The number of hydrogen-bond donors (Lipinski definition) is 2. The molecule has 3 heteroatoms. The minimum absolute atomic E-state index is 0.339. The second kappa shape index (κ2) is 3.48. The molecule has 0 radical (unpaired) electrons. The van der Waals surface area contributed by atoms with Crippen molar-refractivity contribution in [3.8, 4) is 0 Å². The van der Waals surface area contributed by atoms with Crippen LogP contribution in [0, 0.1) is 11.3 Å². The summed E-state index contributed by atoms with van der Waals surface area (Å²) in [6, 6.07) is 0.400. The lowest BCUT2D eigenvalue weighted by atomic mass is 10.0. The Balaban J connectivity index is 1.53. The Morgan fingerprint density at radius 1 is 1.33 bits per heavy atom. The van der Waals surface area contributed by atoms with Gasteiger partial charge in [0.2, 0.25) is 5.91 Å². The lowest BCUT2D eigenvalue weighted by Gasteiger charge is -2.13. The first-order chi connectivity index (χ1) is 7.30. The van der Waals surface area contributed by atoms with Gasteiger partial charge in [-0.3, -0.25) is 4.79 Å². The van der Waals surface area contributed by atoms with Gasteiger partial charge in [0.25, 0.3) is 0 Å². The molecule has 0 aromatic carbocycles. The number of amides is 1. The third-order valence-corrected chi connectivity index (χ3v) is 4.51. The predicted molar refractivity (Wildman–Crippen MR) is 58.4 cm³/mol. The van der Waals surface area contributed by atoms with Gasteiger partial charge in [0.15, 0.2) is 0 Å². The third-order valence-electron chi connectivity index (χ3n) is 4.51. The van der Waals surface area contributed by atoms with Gasteiger partial charge in [0.1, 0.15) is 0 Å². The monoisotopic (exact) mass is 208 g/mol. The van der Waals surface area contributed by atoms with Crippen LogP contribution in [0.1, 0.15) is 38.5 Å². The van der Waals surface area contributed by atoms with E-state index in [9.17, 15) is 4.79 Å². The molecule has 3 fully saturated rings. The fraction of sp³-hybridized carbons (Fsp3) is 0.917. The second-order valence-electron chi connectivity index (χ2n) is 5.52. The first-order valence-corrected chi connectivity index (χ1v) is 6.31. The van der Waals surface area contributed by atoms with E-state index in [-0.39, 0.29) is 0 Å². The molecule has 1 aliphatic heterocycles. The van der Waals surface area contributed by atoms with Crippen LogP contribution in [-0.2, 0) is 4.79 Å². The van der Waals surface area contributed by atoms with Crippen LogP contribution in [0.15, 0.2) is 0 Å². The van der Waals surface area contributed by atoms with E-state index < -0.39 is 0 Å². The minimum atomic E-state index is 0.339. The second-order valence-corrected chi connectivity index (χ2v) is 5.52. The Morgan fingerprint density at radius 2 is 2.13 bits per heavy atom. The molecule has 15 heavy (non-hydrogen) atoms. The van der Waals surface area contributed by atoms with Crippen molar-refractivity contribution in [1.29, 1.82) is 0 Å². The highest BCUT2D eigenvalue weighted by Gasteiger charge is 2.58. The molecule has 2 saturated carbocycles. The van der Waals surface area contributed by atoms with Gasteiger partial charge in [-0.05, 0) is 37.6 Å². The van der Waals surface area contributed by atoms with Crippen LogP contribution < -0.4 is 10.6 Å². The van der Waals surface area contributed by atoms with Crippen molar-refractivity contribution in [2.45, 2.75) is 44.6 Å². The van der Waals surface area contributed by atoms with Gasteiger partial charge < -0.3 is 10.6 Å². The quantitative estimate of drug-likeness (QED) is 0.712. The maximum Gasteiger partial charge on any atom is 0.223 e. The van der Waals surface area contributed by atoms with Crippen molar-refractivity contribution in [3.63, 3.8) is 0 Å². The minimum Gasteiger partial charge on any atom is -0.352 e. The summed E-state index contributed by atoms with van der Waals surface area (Å²) < 4.78 is 0. The summed E-state index contributed by atoms with van der Waals surface area (Å²) in [6.07, 6.45) is 7.55. The lowest BCUT2D eigenvalue weighted by molar-refractivity contribution is -0.123. The number of carbonyl (C=O) groups excluding carboxylic acids is 1. The Hall–Kier alpha value is -0.570. The Morgan fingerprint density at radius 3 is 2.80 bits per heavy atom. The van der Waals surface area contributed by atoms with Crippen molar-refractivity contribution in [2.75, 3.05) is 13.1 Å². The zero-order chi connectivity index (χ0) is 10.3. The van der Waals surface area contributed by atoms with E-state index in [4.69, 9.17) is 0 Å². The summed E-state index contributed by atoms with van der Waals surface area (Å²) in [6.45, 7) is 2.02. The summed E-state index contributed by atoms with van der Waals surface area (Å²) >= 11 is 0. The summed E-state index contributed by atoms with van der Waals surface area (Å²) in [5.74, 6) is 0.700. The van der Waals surface area contributed by atoms with E-state index in [1.807, 2.05) is 0 Å². The van der Waals surface area contributed by atoms with E-state index in [1.165, 1.54) is 32.1 Å². The summed E-state index contributed by atoms with van der Waals surface area (Å²) in [5, 5.41) is 6.47. The Labute approximate surface area is 91.0 Å². The first kappa shape index (κ1) is 9.64. The number of nitrogens with one attached hydrogen (secondary N) is 2. The van der Waals surface area contributed by atoms with Gasteiger partial charge in [0, 0.05) is 18.5 Å². The van der Waals surface area contributed by atoms with Crippen molar-refractivity contribution in [2.24, 2.45) is 11.3 Å². The maximum atomic E-state index is 12.0. The van der Waals surface area contributed by atoms with Crippen LogP contribution in [-0.4, -0.2) is 25.0 Å². The molecule has 1 amide bonds. The molecule has 0 aromatic rings. The first-order valence-electron chi connectivity index (χ1n) is 6.31. The molecule has 2 unspecified atom stereocenters. The molecule has 2 N–H and O–H groups in total. The molecular weight excluding hydrogens is 188 g/mol. The Kier molecular flexibility index (Phi) is 2.23. The zero-order valence-electron chi connectivity index (χ0n) is 9.22. The highest BCUT2D eigenvalue weighted by atomic mass is 16.2. The van der Waals surface area contributed by atoms with E-state index >= 15 is 0 Å². The fourth-order valence-corrected chi connectivity index (χ4v) is 3.43. The van der Waals surface area contributed by atoms with E-state index in [2.05, 4.69) is 10.6 Å². The number of rotatable bonds is 2. The van der Waals surface area contributed by atoms with Crippen LogP contribution in [0.3, 0.4) is 0 Å². The van der Waals surface area contributed by atoms with E-state index in [0.29, 0.717) is 23.3 Å². The smallest absolute Gasteiger partial charge is 0.223 e. The molecule has 2 aliphatic carbocycles. The van der Waals surface area contributed by atoms with Crippen molar-refractivity contribution in [1.82, 2.24) is 10.6 Å². The molecule has 1 saturated heterocycles. The highest BCUT2D eigenvalue weighted by molar-refractivity contribution is 5.83. The van der Waals surface area contributed by atoms with E-state index in [1.54, 1.807) is 0 Å². The van der Waals surface area contributed by atoms with Gasteiger partial charge in [-0.2, -0.15) is 0 Å². The summed E-state index contributed by atoms with van der Waals surface area (Å²) in [7, 11) is 0. The normalized spacial score (nSPS) is 37.1. The average Bonchev–Trinajstić information content (AvgIpc) is 2.63. The maximum absolute atomic E-state index is 12.0. The summed E-state index contributed by atoms with van der Waals surface area (Å²) in [4.78, 5) is 12.0. The molecule has 0 bridgehead atoms. The number of carbonyl (C=O) groups is 1. The van der Waals surface area contributed by atoms with Gasteiger partial charge in [-0.15, -0.1) is 0 Å². The Bertz CT molecular complexity index is 265. The number of hydrogen-bond acceptors (Lipinski definition) is 2. The summed E-state index contributed by atoms with van der Waals surface area (Å²) in [5.41, 5.74) is 0.454. The van der Waals surface area contributed by atoms with Crippen molar-refractivity contribution < 1.29 is 4.79 Å². The standard InChI is InChI=1S/C12H20N2O/c15-11(14-9-3-6-13-8-9)10-7-12(10)4-1-2-5-12/h9-10,13H,1-8H2,(H,14,15). The molecule has 1 heterocycles. The molecule has 0 aromatic heterocycles. The van der Waals surface area contributed by atoms with E-state index in [0.717, 1.165) is 19.5 Å². The lowest BCUT2D eigenvalue weighted by Crippen LogP contribution is -2.38. The topological polar surface area (TPSA) is 41.1 Å². The van der Waals surface area contributed by atoms with Crippen LogP contribution in [0.2, 0.25) is 0 Å². The van der Waals surface area contributed by atoms with Crippen molar-refractivity contribution in [3.05, 3.63) is 0 Å². The van der Waals surface area contributed by atoms with Gasteiger partial charge in [-0.1, -0.05) is 12.8 Å². The SMILES string of the molecule is O=C(NC1CCNC1)C1CC12CCCC2. The molecule has 84 valence electrons. The molecule has 2 atom stereocenters. The van der Waals surface area contributed by atoms with Crippen LogP contribution >= 0.6 is 0 Å². The fourth-order valence-electron chi connectivity index (χ4n) is 3.43. The van der Waals surface area contributed by atoms with Gasteiger partial charge in [-0.25, -0.2) is 0 Å². The predicted octanol–water partition coefficient (Wildman–Crippen LogP) is 1.04. The molecule has 1 spiro atoms. The van der Waals surface area contributed by atoms with Crippen molar-refractivity contribution >= 4 is 5.91 Å². The molecule has 3 rings (SSSR count). The highest BCUT2D eigenvalue weighted by Crippen LogP contribution is 2.62. The van der Waals surface area contributed by atoms with Gasteiger partial charge >= 0.3 is 0 Å². The average molecular weight is 208 g/mol. The van der Waals surface area contributed by atoms with Gasteiger partial charge in [0.05, 0.1) is 0 Å². The van der Waals surface area contributed by atoms with Crippen LogP contribution in [0.5, 0.6) is 0 Å². The van der Waals surface area contributed by atoms with Crippen LogP contribution in [0.25, 0.3) is 0 Å².